The van der Waals surface area contributed by atoms with Gasteiger partial charge in [-0.25, -0.2) is 14.2 Å². The molecule has 2 N–H and O–H groups in total. The van der Waals surface area contributed by atoms with E-state index in [1.54, 1.807) is 24.3 Å². The number of carbonyl (C=O) groups is 1. The maximum absolute atomic E-state index is 14.3. The minimum absolute atomic E-state index is 0.110. The number of anilines is 1. The summed E-state index contributed by atoms with van der Waals surface area (Å²) in [4.78, 5) is 17.4. The fraction of sp³-hybridized carbons (Fsp3) is 0.600. The van der Waals surface area contributed by atoms with Crippen LogP contribution in [-0.4, -0.2) is 54.6 Å². The fourth-order valence-electron chi connectivity index (χ4n) is 3.40. The molecule has 1 amide bonds. The summed E-state index contributed by atoms with van der Waals surface area (Å²) >= 11 is 1.55. The quantitative estimate of drug-likeness (QED) is 0.671. The summed E-state index contributed by atoms with van der Waals surface area (Å²) in [6.07, 6.45) is 3.11. The molecular weight excluding hydrogens is 397 g/mol. The molecule has 1 aromatic heterocycles. The topological polar surface area (TPSA) is 83.9 Å². The molecular formula is C20H26FN3O4S. The first-order valence-corrected chi connectivity index (χ1v) is 10.9. The van der Waals surface area contributed by atoms with Gasteiger partial charge in [0.1, 0.15) is 0 Å². The van der Waals surface area contributed by atoms with Gasteiger partial charge in [0.05, 0.1) is 35.6 Å². The number of rotatable bonds is 8. The van der Waals surface area contributed by atoms with Crippen molar-refractivity contribution in [2.24, 2.45) is 5.92 Å². The molecule has 1 aromatic carbocycles. The number of amides is 1. The number of piperidine rings is 1. The fourth-order valence-corrected chi connectivity index (χ4v) is 4.43. The molecule has 1 atom stereocenters. The van der Waals surface area contributed by atoms with Gasteiger partial charge in [-0.3, -0.25) is 0 Å². The molecule has 2 aliphatic rings. The van der Waals surface area contributed by atoms with E-state index in [1.165, 1.54) is 18.9 Å². The zero-order valence-corrected chi connectivity index (χ0v) is 17.2. The minimum atomic E-state index is -1.04. The summed E-state index contributed by atoms with van der Waals surface area (Å²) in [5.41, 5.74) is 0.660. The van der Waals surface area contributed by atoms with E-state index in [0.29, 0.717) is 30.4 Å². The van der Waals surface area contributed by atoms with E-state index in [1.807, 2.05) is 0 Å². The van der Waals surface area contributed by atoms with Crippen molar-refractivity contribution in [3.8, 4) is 5.75 Å². The first-order valence-electron chi connectivity index (χ1n) is 10.1. The highest BCUT2D eigenvalue weighted by Gasteiger charge is 2.25. The SMILES string of the molecule is C[C@@H](COC1CCN(c2nc3cc(F)c(OCC4CC4)cc3s2)CC1)NC(=O)O. The second-order valence-electron chi connectivity index (χ2n) is 7.87. The van der Waals surface area contributed by atoms with E-state index in [-0.39, 0.29) is 18.0 Å². The third-order valence-corrected chi connectivity index (χ3v) is 6.35. The Morgan fingerprint density at radius 1 is 1.38 bits per heavy atom. The summed E-state index contributed by atoms with van der Waals surface area (Å²) < 4.78 is 26.7. The van der Waals surface area contributed by atoms with Gasteiger partial charge >= 0.3 is 6.09 Å². The Kier molecular flexibility index (Phi) is 6.05. The average Bonchev–Trinajstić information content (AvgIpc) is 3.43. The molecule has 1 saturated carbocycles. The van der Waals surface area contributed by atoms with Crippen LogP contribution < -0.4 is 15.0 Å². The van der Waals surface area contributed by atoms with Crippen molar-refractivity contribution in [3.63, 3.8) is 0 Å². The first kappa shape index (κ1) is 20.2. The molecule has 2 fully saturated rings. The zero-order chi connectivity index (χ0) is 20.4. The molecule has 1 aliphatic heterocycles. The Hall–Kier alpha value is -2.13. The standard InChI is InChI=1S/C20H26FN3O4S/c1-12(22-20(25)26)10-27-14-4-6-24(7-5-14)19-23-16-8-15(21)17(9-18(16)29-19)28-11-13-2-3-13/h8-9,12-14,22H,2-7,10-11H2,1H3,(H,25,26)/t12-/m0/s1. The maximum Gasteiger partial charge on any atom is 0.404 e. The highest BCUT2D eigenvalue weighted by atomic mass is 32.1. The number of thiazole rings is 1. The molecule has 1 saturated heterocycles. The Morgan fingerprint density at radius 3 is 2.83 bits per heavy atom. The average molecular weight is 424 g/mol. The molecule has 0 radical (unpaired) electrons. The Balaban J connectivity index is 1.32. The molecule has 158 valence electrons. The first-order chi connectivity index (χ1) is 14.0. The van der Waals surface area contributed by atoms with Crippen molar-refractivity contribution >= 4 is 32.8 Å². The van der Waals surface area contributed by atoms with Gasteiger partial charge in [0.15, 0.2) is 16.7 Å². The van der Waals surface area contributed by atoms with Crippen LogP contribution in [-0.2, 0) is 4.74 Å². The van der Waals surface area contributed by atoms with Crippen LogP contribution in [0.15, 0.2) is 12.1 Å². The number of halogens is 1. The van der Waals surface area contributed by atoms with Gasteiger partial charge in [0.25, 0.3) is 0 Å². The molecule has 4 rings (SSSR count). The summed E-state index contributed by atoms with van der Waals surface area (Å²) in [6, 6.07) is 2.99. The van der Waals surface area contributed by atoms with Gasteiger partial charge in [-0.2, -0.15) is 0 Å². The lowest BCUT2D eigenvalue weighted by Gasteiger charge is -2.32. The molecule has 7 nitrogen and oxygen atoms in total. The number of nitrogens with zero attached hydrogens (tertiary/aromatic N) is 2. The Bertz CT molecular complexity index is 865. The monoisotopic (exact) mass is 423 g/mol. The molecule has 0 bridgehead atoms. The minimum Gasteiger partial charge on any atom is -0.490 e. The van der Waals surface area contributed by atoms with Crippen LogP contribution in [0.25, 0.3) is 10.2 Å². The predicted octanol–water partition coefficient (Wildman–Crippen LogP) is 3.87. The number of nitrogens with one attached hydrogen (secondary N) is 1. The number of carboxylic acid groups (broad SMARTS) is 1. The van der Waals surface area contributed by atoms with Gasteiger partial charge in [-0.15, -0.1) is 0 Å². The molecule has 29 heavy (non-hydrogen) atoms. The maximum atomic E-state index is 14.3. The predicted molar refractivity (Wildman–Crippen MR) is 110 cm³/mol. The smallest absolute Gasteiger partial charge is 0.404 e. The lowest BCUT2D eigenvalue weighted by atomic mass is 10.1. The van der Waals surface area contributed by atoms with E-state index < -0.39 is 6.09 Å². The van der Waals surface area contributed by atoms with Crippen LogP contribution in [0.1, 0.15) is 32.6 Å². The van der Waals surface area contributed by atoms with E-state index in [2.05, 4.69) is 15.2 Å². The summed E-state index contributed by atoms with van der Waals surface area (Å²) in [7, 11) is 0. The lowest BCUT2D eigenvalue weighted by molar-refractivity contribution is 0.0264. The summed E-state index contributed by atoms with van der Waals surface area (Å²) in [5, 5.41) is 12.0. The van der Waals surface area contributed by atoms with Crippen molar-refractivity contribution in [2.45, 2.75) is 44.8 Å². The highest BCUT2D eigenvalue weighted by molar-refractivity contribution is 7.22. The Labute approximate surface area is 172 Å². The van der Waals surface area contributed by atoms with Crippen molar-refractivity contribution in [1.29, 1.82) is 0 Å². The summed E-state index contributed by atoms with van der Waals surface area (Å²) in [6.45, 7) is 4.34. The molecule has 1 aliphatic carbocycles. The number of ether oxygens (including phenoxy) is 2. The molecule has 2 heterocycles. The van der Waals surface area contributed by atoms with E-state index >= 15 is 0 Å². The normalized spacial score (nSPS) is 18.8. The number of fused-ring (bicyclic) bond motifs is 1. The van der Waals surface area contributed by atoms with Gasteiger partial charge < -0.3 is 24.8 Å². The number of aromatic nitrogens is 1. The van der Waals surface area contributed by atoms with Crippen LogP contribution in [0.2, 0.25) is 0 Å². The van der Waals surface area contributed by atoms with Gasteiger partial charge in [0, 0.05) is 25.2 Å². The molecule has 0 unspecified atom stereocenters. The van der Waals surface area contributed by atoms with Gasteiger partial charge in [0.2, 0.25) is 0 Å². The van der Waals surface area contributed by atoms with Crippen LogP contribution >= 0.6 is 11.3 Å². The molecule has 9 heteroatoms. The van der Waals surface area contributed by atoms with Crippen LogP contribution in [0.3, 0.4) is 0 Å². The van der Waals surface area contributed by atoms with Crippen molar-refractivity contribution in [2.75, 3.05) is 31.2 Å². The zero-order valence-electron chi connectivity index (χ0n) is 16.4. The van der Waals surface area contributed by atoms with E-state index in [4.69, 9.17) is 14.6 Å². The third kappa shape index (κ3) is 5.27. The van der Waals surface area contributed by atoms with E-state index in [0.717, 1.165) is 35.8 Å². The second-order valence-corrected chi connectivity index (χ2v) is 8.88. The number of hydrogen-bond donors (Lipinski definition) is 2. The van der Waals surface area contributed by atoms with Crippen molar-refractivity contribution in [1.82, 2.24) is 10.3 Å². The van der Waals surface area contributed by atoms with Crippen LogP contribution in [0.4, 0.5) is 14.3 Å². The third-order valence-electron chi connectivity index (χ3n) is 5.27. The molecule has 2 aromatic rings. The second kappa shape index (κ2) is 8.71. The number of hydrogen-bond acceptors (Lipinski definition) is 6. The van der Waals surface area contributed by atoms with Crippen molar-refractivity contribution < 1.29 is 23.8 Å². The number of benzene rings is 1. The van der Waals surface area contributed by atoms with Crippen LogP contribution in [0.5, 0.6) is 5.75 Å². The van der Waals surface area contributed by atoms with Crippen molar-refractivity contribution in [3.05, 3.63) is 17.9 Å². The Morgan fingerprint density at radius 2 is 2.14 bits per heavy atom. The van der Waals surface area contributed by atoms with Crippen LogP contribution in [0, 0.1) is 11.7 Å². The van der Waals surface area contributed by atoms with Gasteiger partial charge in [-0.05, 0) is 38.5 Å². The molecule has 0 spiro atoms. The largest absolute Gasteiger partial charge is 0.490 e. The summed E-state index contributed by atoms with van der Waals surface area (Å²) in [5.74, 6) is 0.538. The lowest BCUT2D eigenvalue weighted by Crippen LogP contribution is -2.40. The van der Waals surface area contributed by atoms with Gasteiger partial charge in [-0.1, -0.05) is 11.3 Å². The van der Waals surface area contributed by atoms with E-state index in [9.17, 15) is 9.18 Å². The highest BCUT2D eigenvalue weighted by Crippen LogP contribution is 2.35.